The van der Waals surface area contributed by atoms with E-state index in [0.717, 1.165) is 11.3 Å². The molecule has 1 aliphatic rings. The van der Waals surface area contributed by atoms with Gasteiger partial charge in [-0.05, 0) is 37.1 Å². The molecule has 1 atom stereocenters. The molecular formula is C20H18N4O2. The first kappa shape index (κ1) is 16.1. The molecule has 4 rings (SSSR count). The van der Waals surface area contributed by atoms with E-state index >= 15 is 0 Å². The van der Waals surface area contributed by atoms with E-state index in [0.29, 0.717) is 23.1 Å². The zero-order valence-electron chi connectivity index (χ0n) is 14.2. The highest BCUT2D eigenvalue weighted by molar-refractivity contribution is 6.07. The molecule has 0 saturated heterocycles. The van der Waals surface area contributed by atoms with Crippen LogP contribution in [-0.4, -0.2) is 22.1 Å². The predicted octanol–water partition coefficient (Wildman–Crippen LogP) is 3.32. The summed E-state index contributed by atoms with van der Waals surface area (Å²) in [7, 11) is 0. The van der Waals surface area contributed by atoms with E-state index in [2.05, 4.69) is 20.3 Å². The molecule has 0 radical (unpaired) electrons. The summed E-state index contributed by atoms with van der Waals surface area (Å²) in [6.07, 6.45) is 4.26. The Hall–Kier alpha value is -3.41. The van der Waals surface area contributed by atoms with Crippen LogP contribution in [0.15, 0.2) is 64.4 Å². The SMILES string of the molecule is CC1(C(=O)Nc2ccc3[nH]c(=O)[nH]c3c2)C=NC(c2ccccc2)=CC1. The van der Waals surface area contributed by atoms with Crippen molar-refractivity contribution >= 4 is 34.5 Å². The number of nitrogens with one attached hydrogen (secondary N) is 3. The topological polar surface area (TPSA) is 90.1 Å². The molecule has 1 amide bonds. The Labute approximate surface area is 149 Å². The number of hydrogen-bond acceptors (Lipinski definition) is 3. The number of aromatic nitrogens is 2. The maximum Gasteiger partial charge on any atom is 0.323 e. The third kappa shape index (κ3) is 2.97. The van der Waals surface area contributed by atoms with Gasteiger partial charge in [-0.3, -0.25) is 9.79 Å². The fraction of sp³-hybridized carbons (Fsp3) is 0.150. The fourth-order valence-corrected chi connectivity index (χ4v) is 2.96. The van der Waals surface area contributed by atoms with Gasteiger partial charge in [-0.2, -0.15) is 0 Å². The quantitative estimate of drug-likeness (QED) is 0.679. The molecule has 1 aromatic heterocycles. The Balaban J connectivity index is 1.51. The molecule has 26 heavy (non-hydrogen) atoms. The molecule has 3 aromatic rings. The molecule has 1 unspecified atom stereocenters. The fourth-order valence-electron chi connectivity index (χ4n) is 2.96. The third-order valence-corrected chi connectivity index (χ3v) is 4.57. The molecule has 1 aliphatic heterocycles. The van der Waals surface area contributed by atoms with Gasteiger partial charge >= 0.3 is 5.69 Å². The molecule has 2 heterocycles. The molecule has 0 spiro atoms. The zero-order chi connectivity index (χ0) is 18.1. The minimum atomic E-state index is -0.723. The number of allylic oxidation sites excluding steroid dienone is 1. The summed E-state index contributed by atoms with van der Waals surface area (Å²) in [5.74, 6) is -0.137. The minimum absolute atomic E-state index is 0.137. The molecule has 6 nitrogen and oxygen atoms in total. The van der Waals surface area contributed by atoms with Gasteiger partial charge in [0, 0.05) is 11.9 Å². The lowest BCUT2D eigenvalue weighted by molar-refractivity contribution is -0.121. The molecule has 0 fully saturated rings. The Morgan fingerprint density at radius 2 is 1.88 bits per heavy atom. The first-order chi connectivity index (χ1) is 12.5. The number of carbonyl (C=O) groups excluding carboxylic acids is 1. The van der Waals surface area contributed by atoms with Crippen LogP contribution in [0, 0.1) is 5.41 Å². The Kier molecular flexibility index (Phi) is 3.80. The number of nitrogens with zero attached hydrogens (tertiary/aromatic N) is 1. The summed E-state index contributed by atoms with van der Waals surface area (Å²) >= 11 is 0. The van der Waals surface area contributed by atoms with Gasteiger partial charge in [0.2, 0.25) is 5.91 Å². The molecule has 0 bridgehead atoms. The monoisotopic (exact) mass is 346 g/mol. The highest BCUT2D eigenvalue weighted by atomic mass is 16.2. The van der Waals surface area contributed by atoms with Crippen molar-refractivity contribution < 1.29 is 4.79 Å². The first-order valence-corrected chi connectivity index (χ1v) is 8.38. The van der Waals surface area contributed by atoms with Crippen LogP contribution in [0.2, 0.25) is 0 Å². The van der Waals surface area contributed by atoms with Gasteiger partial charge in [0.1, 0.15) is 0 Å². The van der Waals surface area contributed by atoms with E-state index in [-0.39, 0.29) is 11.6 Å². The largest absolute Gasteiger partial charge is 0.325 e. The number of imidazole rings is 1. The lowest BCUT2D eigenvalue weighted by Crippen LogP contribution is -2.35. The first-order valence-electron chi connectivity index (χ1n) is 8.38. The number of benzene rings is 2. The van der Waals surface area contributed by atoms with Gasteiger partial charge < -0.3 is 15.3 Å². The van der Waals surface area contributed by atoms with Gasteiger partial charge in [-0.1, -0.05) is 36.4 Å². The van der Waals surface area contributed by atoms with Crippen molar-refractivity contribution in [3.63, 3.8) is 0 Å². The van der Waals surface area contributed by atoms with Crippen molar-refractivity contribution in [2.75, 3.05) is 5.32 Å². The molecule has 130 valence electrons. The van der Waals surface area contributed by atoms with Gasteiger partial charge in [0.15, 0.2) is 0 Å². The molecule has 2 aromatic carbocycles. The smallest absolute Gasteiger partial charge is 0.323 e. The summed E-state index contributed by atoms with van der Waals surface area (Å²) in [5.41, 5.74) is 2.91. The van der Waals surface area contributed by atoms with Crippen LogP contribution in [0.5, 0.6) is 0 Å². The lowest BCUT2D eigenvalue weighted by atomic mass is 9.84. The second kappa shape index (κ2) is 6.15. The Morgan fingerprint density at radius 1 is 1.12 bits per heavy atom. The van der Waals surface area contributed by atoms with Crippen LogP contribution < -0.4 is 11.0 Å². The van der Waals surface area contributed by atoms with Crippen LogP contribution in [0.25, 0.3) is 16.7 Å². The summed E-state index contributed by atoms with van der Waals surface area (Å²) in [4.78, 5) is 34.0. The van der Waals surface area contributed by atoms with Crippen LogP contribution in [0.1, 0.15) is 18.9 Å². The van der Waals surface area contributed by atoms with Crippen LogP contribution in [0.3, 0.4) is 0 Å². The number of aromatic amines is 2. The van der Waals surface area contributed by atoms with E-state index in [1.54, 1.807) is 24.4 Å². The molecule has 0 saturated carbocycles. The second-order valence-corrected chi connectivity index (χ2v) is 6.63. The summed E-state index contributed by atoms with van der Waals surface area (Å²) in [6, 6.07) is 15.1. The number of carbonyl (C=O) groups is 1. The second-order valence-electron chi connectivity index (χ2n) is 6.63. The van der Waals surface area contributed by atoms with Crippen LogP contribution in [0.4, 0.5) is 5.69 Å². The average Bonchev–Trinajstić information content (AvgIpc) is 3.02. The van der Waals surface area contributed by atoms with Crippen molar-refractivity contribution in [2.45, 2.75) is 13.3 Å². The molecule has 3 N–H and O–H groups in total. The van der Waals surface area contributed by atoms with E-state index in [9.17, 15) is 9.59 Å². The van der Waals surface area contributed by atoms with E-state index in [1.807, 2.05) is 43.3 Å². The van der Waals surface area contributed by atoms with Crippen LogP contribution in [-0.2, 0) is 4.79 Å². The summed E-state index contributed by atoms with van der Waals surface area (Å²) in [5, 5.41) is 2.91. The molecule has 0 aliphatic carbocycles. The highest BCUT2D eigenvalue weighted by Gasteiger charge is 2.32. The summed E-state index contributed by atoms with van der Waals surface area (Å²) < 4.78 is 0. The number of H-pyrrole nitrogens is 2. The summed E-state index contributed by atoms with van der Waals surface area (Å²) in [6.45, 7) is 1.86. The normalized spacial score (nSPS) is 19.3. The highest BCUT2D eigenvalue weighted by Crippen LogP contribution is 2.30. The van der Waals surface area contributed by atoms with Crippen molar-refractivity contribution in [1.29, 1.82) is 0 Å². The minimum Gasteiger partial charge on any atom is -0.325 e. The third-order valence-electron chi connectivity index (χ3n) is 4.57. The Bertz CT molecular complexity index is 1090. The standard InChI is InChI=1S/C20H18N4O2/c1-20(10-9-15(21-12-20)13-5-3-2-4-6-13)18(25)22-14-7-8-16-17(11-14)24-19(26)23-16/h2-9,11-12H,10H2,1H3,(H,22,25)(H2,23,24,26). The van der Waals surface area contributed by atoms with Crippen molar-refractivity contribution in [3.8, 4) is 0 Å². The number of aliphatic imine (C=N–C) groups is 1. The molecule has 6 heteroatoms. The van der Waals surface area contributed by atoms with Gasteiger partial charge in [-0.15, -0.1) is 0 Å². The van der Waals surface area contributed by atoms with E-state index in [1.165, 1.54) is 0 Å². The van der Waals surface area contributed by atoms with Crippen LogP contribution >= 0.6 is 0 Å². The van der Waals surface area contributed by atoms with Gasteiger partial charge in [0.25, 0.3) is 0 Å². The maximum absolute atomic E-state index is 12.8. The van der Waals surface area contributed by atoms with E-state index < -0.39 is 5.41 Å². The number of fused-ring (bicyclic) bond motifs is 1. The average molecular weight is 346 g/mol. The van der Waals surface area contributed by atoms with Crippen molar-refractivity contribution in [2.24, 2.45) is 10.4 Å². The number of anilines is 1. The number of amides is 1. The van der Waals surface area contributed by atoms with Crippen molar-refractivity contribution in [1.82, 2.24) is 9.97 Å². The number of rotatable bonds is 3. The zero-order valence-corrected chi connectivity index (χ0v) is 14.2. The van der Waals surface area contributed by atoms with Crippen molar-refractivity contribution in [3.05, 3.63) is 70.7 Å². The van der Waals surface area contributed by atoms with Gasteiger partial charge in [-0.25, -0.2) is 4.79 Å². The number of hydrogen-bond donors (Lipinski definition) is 3. The molecular weight excluding hydrogens is 328 g/mol. The Morgan fingerprint density at radius 3 is 2.62 bits per heavy atom. The lowest BCUT2D eigenvalue weighted by Gasteiger charge is -2.26. The van der Waals surface area contributed by atoms with Gasteiger partial charge in [0.05, 0.1) is 22.1 Å². The predicted molar refractivity (Wildman–Crippen MR) is 103 cm³/mol. The van der Waals surface area contributed by atoms with E-state index in [4.69, 9.17) is 0 Å². The maximum atomic E-state index is 12.8.